The molecule has 0 bridgehead atoms. The van der Waals surface area contributed by atoms with Crippen molar-refractivity contribution in [3.63, 3.8) is 0 Å². The Morgan fingerprint density at radius 1 is 0.842 bits per heavy atom. The molecule has 6 nitrogen and oxygen atoms in total. The number of hydrogen-bond donors (Lipinski definition) is 4. The average molecular weight is 519 g/mol. The van der Waals surface area contributed by atoms with Gasteiger partial charge in [0.15, 0.2) is 0 Å². The maximum atomic E-state index is 5.07. The molecule has 3 aromatic carbocycles. The first kappa shape index (κ1) is 22.7. The van der Waals surface area contributed by atoms with E-state index >= 15 is 0 Å². The number of benzene rings is 3. The van der Waals surface area contributed by atoms with Gasteiger partial charge in [-0.2, -0.15) is 0 Å². The molecule has 4 unspecified atom stereocenters. The highest BCUT2D eigenvalue weighted by Gasteiger charge is 2.41. The zero-order chi connectivity index (χ0) is 25.4. The van der Waals surface area contributed by atoms with Crippen molar-refractivity contribution in [3.8, 4) is 22.4 Å². The van der Waals surface area contributed by atoms with Crippen LogP contribution in [-0.2, 0) is 0 Å². The fraction of sp³-hybridized carbons (Fsp3) is 0.355. The van der Waals surface area contributed by atoms with Gasteiger partial charge < -0.3 is 20.6 Å². The maximum absolute atomic E-state index is 5.07. The molecular formula is C31H34N6Si. The molecule has 38 heavy (non-hydrogen) atoms. The number of aromatic nitrogens is 4. The molecule has 7 heteroatoms. The van der Waals surface area contributed by atoms with Gasteiger partial charge in [-0.25, -0.2) is 9.97 Å². The third-order valence-electron chi connectivity index (χ3n) is 9.23. The molecule has 2 aromatic heterocycles. The van der Waals surface area contributed by atoms with Gasteiger partial charge in [-0.05, 0) is 71.6 Å². The van der Waals surface area contributed by atoms with E-state index in [0.717, 1.165) is 40.5 Å². The molecule has 4 heterocycles. The number of aromatic amines is 2. The van der Waals surface area contributed by atoms with E-state index in [2.05, 4.69) is 88.3 Å². The molecule has 3 aliphatic rings. The predicted octanol–water partition coefficient (Wildman–Crippen LogP) is 6.48. The van der Waals surface area contributed by atoms with Crippen LogP contribution in [0.5, 0.6) is 0 Å². The van der Waals surface area contributed by atoms with Crippen molar-refractivity contribution in [3.05, 3.63) is 72.4 Å². The Morgan fingerprint density at radius 3 is 2.42 bits per heavy atom. The van der Waals surface area contributed by atoms with Gasteiger partial charge in [0.25, 0.3) is 0 Å². The number of nitrogens with zero attached hydrogens (tertiary/aromatic N) is 2. The van der Waals surface area contributed by atoms with Crippen LogP contribution in [0.25, 0.3) is 44.2 Å². The first-order valence-electron chi connectivity index (χ1n) is 14.1. The normalized spacial score (nSPS) is 26.2. The predicted molar refractivity (Wildman–Crippen MR) is 157 cm³/mol. The molecule has 0 radical (unpaired) electrons. The van der Waals surface area contributed by atoms with Crippen LogP contribution in [0.2, 0.25) is 19.1 Å². The van der Waals surface area contributed by atoms with E-state index in [1.807, 2.05) is 6.20 Å². The lowest BCUT2D eigenvalue weighted by molar-refractivity contribution is 0.276. The van der Waals surface area contributed by atoms with E-state index in [0.29, 0.717) is 18.1 Å². The average Bonchev–Trinajstić information content (AvgIpc) is 3.69. The highest BCUT2D eigenvalue weighted by Crippen LogP contribution is 2.42. The van der Waals surface area contributed by atoms with Gasteiger partial charge in [-0.1, -0.05) is 55.6 Å². The van der Waals surface area contributed by atoms with Crippen LogP contribution in [0.3, 0.4) is 0 Å². The van der Waals surface area contributed by atoms with Crippen LogP contribution in [0, 0.1) is 5.92 Å². The molecule has 1 aliphatic carbocycles. The molecule has 3 fully saturated rings. The summed E-state index contributed by atoms with van der Waals surface area (Å²) in [5.41, 5.74) is 6.90. The molecular weight excluding hydrogens is 484 g/mol. The summed E-state index contributed by atoms with van der Waals surface area (Å²) in [7, 11) is -1.15. The second kappa shape index (κ2) is 8.37. The molecule has 2 saturated heterocycles. The van der Waals surface area contributed by atoms with Gasteiger partial charge in [0.1, 0.15) is 11.6 Å². The quantitative estimate of drug-likeness (QED) is 0.205. The van der Waals surface area contributed by atoms with E-state index in [1.54, 1.807) is 0 Å². The molecule has 4 atom stereocenters. The number of imidazole rings is 2. The summed E-state index contributed by atoms with van der Waals surface area (Å²) in [6, 6.07) is 22.6. The SMILES string of the molecule is C[Si]1(C)CNC(c2nc3c(ccc4cc(-c5ccc(-c6cnc(C7CC8CCC8N7)[nH]6)cc5)ccc43)[nH]2)C1. The minimum absolute atomic E-state index is 0.354. The summed E-state index contributed by atoms with van der Waals surface area (Å²) < 4.78 is 0. The molecule has 5 aromatic rings. The lowest BCUT2D eigenvalue weighted by atomic mass is 9.80. The first-order chi connectivity index (χ1) is 18.5. The largest absolute Gasteiger partial charge is 0.341 e. The smallest absolute Gasteiger partial charge is 0.124 e. The number of nitrogens with one attached hydrogen (secondary N) is 4. The Hall–Kier alpha value is -3.26. The molecule has 192 valence electrons. The Kier molecular flexibility index (Phi) is 5.00. The van der Waals surface area contributed by atoms with Gasteiger partial charge in [-0.3, -0.25) is 0 Å². The van der Waals surface area contributed by atoms with Gasteiger partial charge >= 0.3 is 0 Å². The highest BCUT2D eigenvalue weighted by molar-refractivity contribution is 6.78. The van der Waals surface area contributed by atoms with Crippen molar-refractivity contribution in [1.82, 2.24) is 30.6 Å². The fourth-order valence-electron chi connectivity index (χ4n) is 6.85. The summed E-state index contributed by atoms with van der Waals surface area (Å²) in [5.74, 6) is 3.01. The minimum atomic E-state index is -1.15. The van der Waals surface area contributed by atoms with Crippen LogP contribution < -0.4 is 10.6 Å². The zero-order valence-electron chi connectivity index (χ0n) is 22.0. The standard InChI is InChI=1S/C31H34N6Si/c1-38(2)16-28(33-17-38)31-35-25-12-8-21-13-20(7-10-23(21)29(25)37-31)18-3-5-19(6-4-18)27-15-32-30(36-27)26-14-22-9-11-24(22)34-26/h3-8,10,12-13,15,22,24,26,28,33-34H,9,11,14,16-17H2,1-2H3,(H,32,36)(H,35,37). The van der Waals surface area contributed by atoms with E-state index in [4.69, 9.17) is 9.97 Å². The Labute approximate surface area is 223 Å². The molecule has 0 spiro atoms. The summed E-state index contributed by atoms with van der Waals surface area (Å²) in [5, 5.41) is 9.88. The van der Waals surface area contributed by atoms with Crippen LogP contribution >= 0.6 is 0 Å². The van der Waals surface area contributed by atoms with Crippen LogP contribution in [0.4, 0.5) is 0 Å². The van der Waals surface area contributed by atoms with Crippen molar-refractivity contribution in [1.29, 1.82) is 0 Å². The van der Waals surface area contributed by atoms with Crippen LogP contribution in [-0.4, -0.2) is 40.2 Å². The zero-order valence-corrected chi connectivity index (χ0v) is 23.0. The molecule has 4 N–H and O–H groups in total. The first-order valence-corrected chi connectivity index (χ1v) is 17.5. The van der Waals surface area contributed by atoms with Crippen LogP contribution in [0.15, 0.2) is 60.8 Å². The highest BCUT2D eigenvalue weighted by atomic mass is 28.3. The van der Waals surface area contributed by atoms with E-state index in [-0.39, 0.29) is 0 Å². The Balaban J connectivity index is 1.05. The van der Waals surface area contributed by atoms with Crippen molar-refractivity contribution in [2.75, 3.05) is 6.17 Å². The lowest BCUT2D eigenvalue weighted by Crippen LogP contribution is -2.35. The summed E-state index contributed by atoms with van der Waals surface area (Å²) in [6.07, 6.45) is 7.04. The maximum Gasteiger partial charge on any atom is 0.124 e. The van der Waals surface area contributed by atoms with E-state index < -0.39 is 8.07 Å². The van der Waals surface area contributed by atoms with Crippen molar-refractivity contribution < 1.29 is 0 Å². The number of H-pyrrole nitrogens is 2. The monoisotopic (exact) mass is 518 g/mol. The summed E-state index contributed by atoms with van der Waals surface area (Å²) in [6.45, 7) is 4.91. The third kappa shape index (κ3) is 3.75. The summed E-state index contributed by atoms with van der Waals surface area (Å²) >= 11 is 0. The minimum Gasteiger partial charge on any atom is -0.341 e. The van der Waals surface area contributed by atoms with E-state index in [9.17, 15) is 0 Å². The second-order valence-corrected chi connectivity index (χ2v) is 17.6. The molecule has 1 saturated carbocycles. The number of fused-ring (bicyclic) bond motifs is 4. The molecule has 0 amide bonds. The topological polar surface area (TPSA) is 81.4 Å². The fourth-order valence-corrected chi connectivity index (χ4v) is 9.23. The van der Waals surface area contributed by atoms with Crippen LogP contribution in [0.1, 0.15) is 43.0 Å². The molecule has 2 aliphatic heterocycles. The number of hydrogen-bond acceptors (Lipinski definition) is 4. The third-order valence-corrected chi connectivity index (χ3v) is 11.9. The van der Waals surface area contributed by atoms with Gasteiger partial charge in [0.2, 0.25) is 0 Å². The van der Waals surface area contributed by atoms with E-state index in [1.165, 1.54) is 52.8 Å². The van der Waals surface area contributed by atoms with Crippen molar-refractivity contribution >= 4 is 29.9 Å². The lowest BCUT2D eigenvalue weighted by Gasteiger charge is -2.29. The van der Waals surface area contributed by atoms with Crippen molar-refractivity contribution in [2.24, 2.45) is 5.92 Å². The summed E-state index contributed by atoms with van der Waals surface area (Å²) in [4.78, 5) is 17.0. The van der Waals surface area contributed by atoms with Gasteiger partial charge in [0, 0.05) is 11.4 Å². The Bertz CT molecular complexity index is 1650. The molecule has 8 rings (SSSR count). The Morgan fingerprint density at radius 2 is 1.68 bits per heavy atom. The number of rotatable bonds is 4. The second-order valence-electron chi connectivity index (χ2n) is 12.5. The van der Waals surface area contributed by atoms with Crippen molar-refractivity contribution in [2.45, 2.75) is 56.5 Å². The van der Waals surface area contributed by atoms with Gasteiger partial charge in [0.05, 0.1) is 43.1 Å². The van der Waals surface area contributed by atoms with Gasteiger partial charge in [-0.15, -0.1) is 0 Å².